The van der Waals surface area contributed by atoms with E-state index in [0.717, 1.165) is 31.7 Å². The highest BCUT2D eigenvalue weighted by Gasteiger charge is 2.18. The number of nitrogens with zero attached hydrogens (tertiary/aromatic N) is 1. The van der Waals surface area contributed by atoms with Crippen molar-refractivity contribution in [1.29, 1.82) is 0 Å². The second-order valence-corrected chi connectivity index (χ2v) is 5.58. The van der Waals surface area contributed by atoms with E-state index in [4.69, 9.17) is 5.73 Å². The molecule has 1 aliphatic rings. The maximum absolute atomic E-state index is 13.1. The van der Waals surface area contributed by atoms with Crippen LogP contribution in [0.3, 0.4) is 0 Å². The molecule has 1 aromatic rings. The van der Waals surface area contributed by atoms with Gasteiger partial charge >= 0.3 is 0 Å². The summed E-state index contributed by atoms with van der Waals surface area (Å²) in [6.07, 6.45) is 2.45. The summed E-state index contributed by atoms with van der Waals surface area (Å²) in [5.41, 5.74) is 6.87. The van der Waals surface area contributed by atoms with Gasteiger partial charge in [-0.3, -0.25) is 4.90 Å². The number of rotatable bonds is 3. The lowest BCUT2D eigenvalue weighted by atomic mass is 9.98. The smallest absolute Gasteiger partial charge is 0.137 e. The second-order valence-electron chi connectivity index (χ2n) is 4.73. The summed E-state index contributed by atoms with van der Waals surface area (Å²) in [4.78, 5) is 2.40. The number of benzene rings is 1. The highest BCUT2D eigenvalue weighted by Crippen LogP contribution is 2.21. The summed E-state index contributed by atoms with van der Waals surface area (Å²) in [6, 6.07) is 5.23. The summed E-state index contributed by atoms with van der Waals surface area (Å²) >= 11 is 3.22. The molecule has 102 valence electrons. The van der Waals surface area contributed by atoms with E-state index < -0.39 is 0 Å². The van der Waals surface area contributed by atoms with E-state index in [2.05, 4.69) is 20.8 Å². The van der Waals surface area contributed by atoms with Gasteiger partial charge in [-0.05, 0) is 65.5 Å². The van der Waals surface area contributed by atoms with Crippen molar-refractivity contribution in [3.8, 4) is 0 Å². The number of likely N-dealkylation sites (tertiary alicyclic amines) is 1. The van der Waals surface area contributed by atoms with E-state index in [0.29, 0.717) is 10.4 Å². The van der Waals surface area contributed by atoms with Gasteiger partial charge in [-0.25, -0.2) is 4.39 Å². The van der Waals surface area contributed by atoms with Gasteiger partial charge in [-0.1, -0.05) is 6.07 Å². The van der Waals surface area contributed by atoms with Crippen LogP contribution in [-0.4, -0.2) is 24.5 Å². The molecule has 0 aliphatic carbocycles. The number of nitrogens with two attached hydrogens (primary N) is 1. The number of halogens is 3. The lowest BCUT2D eigenvalue weighted by Gasteiger charge is -2.32. The predicted molar refractivity (Wildman–Crippen MR) is 78.4 cm³/mol. The quantitative estimate of drug-likeness (QED) is 0.918. The summed E-state index contributed by atoms with van der Waals surface area (Å²) < 4.78 is 13.7. The van der Waals surface area contributed by atoms with E-state index >= 15 is 0 Å². The first-order chi connectivity index (χ1) is 8.19. The molecule has 0 saturated carbocycles. The fourth-order valence-corrected chi connectivity index (χ4v) is 2.81. The highest BCUT2D eigenvalue weighted by atomic mass is 79.9. The zero-order valence-electron chi connectivity index (χ0n) is 10.2. The van der Waals surface area contributed by atoms with E-state index in [9.17, 15) is 4.39 Å². The summed E-state index contributed by atoms with van der Waals surface area (Å²) in [5.74, 6) is 0.417. The molecule has 1 aromatic carbocycles. The zero-order chi connectivity index (χ0) is 12.3. The Labute approximate surface area is 122 Å². The van der Waals surface area contributed by atoms with Crippen molar-refractivity contribution >= 4 is 28.3 Å². The van der Waals surface area contributed by atoms with Crippen LogP contribution in [0.4, 0.5) is 4.39 Å². The average Bonchev–Trinajstić information content (AvgIpc) is 2.34. The molecule has 1 aliphatic heterocycles. The minimum atomic E-state index is -0.202. The summed E-state index contributed by atoms with van der Waals surface area (Å²) in [7, 11) is 0. The van der Waals surface area contributed by atoms with Gasteiger partial charge in [0.25, 0.3) is 0 Å². The van der Waals surface area contributed by atoms with Crippen molar-refractivity contribution in [1.82, 2.24) is 4.90 Å². The van der Waals surface area contributed by atoms with Crippen LogP contribution in [-0.2, 0) is 6.54 Å². The number of hydrogen-bond acceptors (Lipinski definition) is 2. The topological polar surface area (TPSA) is 29.3 Å². The van der Waals surface area contributed by atoms with Crippen LogP contribution >= 0.6 is 28.3 Å². The molecule has 1 fully saturated rings. The first-order valence-corrected chi connectivity index (χ1v) is 6.84. The zero-order valence-corrected chi connectivity index (χ0v) is 12.6. The van der Waals surface area contributed by atoms with Crippen molar-refractivity contribution in [2.75, 3.05) is 19.6 Å². The molecule has 18 heavy (non-hydrogen) atoms. The third-order valence-corrected chi connectivity index (χ3v) is 3.93. The van der Waals surface area contributed by atoms with Gasteiger partial charge in [0, 0.05) is 13.1 Å². The molecule has 0 amide bonds. The first-order valence-electron chi connectivity index (χ1n) is 6.05. The molecule has 5 heteroatoms. The fraction of sp³-hybridized carbons (Fsp3) is 0.538. The van der Waals surface area contributed by atoms with E-state index in [1.807, 2.05) is 12.1 Å². The largest absolute Gasteiger partial charge is 0.330 e. The average molecular weight is 338 g/mol. The normalized spacial score (nSPS) is 20.5. The van der Waals surface area contributed by atoms with Gasteiger partial charge in [0.2, 0.25) is 0 Å². The lowest BCUT2D eigenvalue weighted by molar-refractivity contribution is 0.171. The van der Waals surface area contributed by atoms with Crippen molar-refractivity contribution in [2.45, 2.75) is 19.4 Å². The van der Waals surface area contributed by atoms with Gasteiger partial charge in [0.1, 0.15) is 5.82 Å². The maximum atomic E-state index is 13.1. The molecule has 1 saturated heterocycles. The van der Waals surface area contributed by atoms with Crippen molar-refractivity contribution in [2.24, 2.45) is 11.7 Å². The van der Waals surface area contributed by atoms with Gasteiger partial charge < -0.3 is 5.73 Å². The van der Waals surface area contributed by atoms with Crippen LogP contribution < -0.4 is 5.73 Å². The Morgan fingerprint density at radius 2 is 2.22 bits per heavy atom. The van der Waals surface area contributed by atoms with E-state index in [1.165, 1.54) is 18.9 Å². The minimum Gasteiger partial charge on any atom is -0.330 e. The SMILES string of the molecule is Cl.NCC1CCCN(Cc2ccc(F)c(Br)c2)C1. The molecule has 0 radical (unpaired) electrons. The van der Waals surface area contributed by atoms with Gasteiger partial charge in [-0.15, -0.1) is 12.4 Å². The summed E-state index contributed by atoms with van der Waals surface area (Å²) in [5, 5.41) is 0. The van der Waals surface area contributed by atoms with Gasteiger partial charge in [-0.2, -0.15) is 0 Å². The Kier molecular flexibility index (Phi) is 6.57. The standard InChI is InChI=1S/C13H18BrFN2.ClH/c14-12-6-10(3-4-13(12)15)8-17-5-1-2-11(7-16)9-17;/h3-4,6,11H,1-2,5,7-9,16H2;1H. The molecule has 1 atom stereocenters. The maximum Gasteiger partial charge on any atom is 0.137 e. The van der Waals surface area contributed by atoms with Crippen molar-refractivity contribution in [3.63, 3.8) is 0 Å². The van der Waals surface area contributed by atoms with Crippen molar-refractivity contribution in [3.05, 3.63) is 34.1 Å². The predicted octanol–water partition coefficient (Wildman–Crippen LogP) is 3.18. The minimum absolute atomic E-state index is 0. The molecule has 2 N–H and O–H groups in total. The monoisotopic (exact) mass is 336 g/mol. The number of piperidine rings is 1. The molecule has 0 spiro atoms. The van der Waals surface area contributed by atoms with Crippen LogP contribution in [0.25, 0.3) is 0 Å². The lowest BCUT2D eigenvalue weighted by Crippen LogP contribution is -2.37. The molecule has 0 aromatic heterocycles. The third-order valence-electron chi connectivity index (χ3n) is 3.33. The third kappa shape index (κ3) is 4.19. The Morgan fingerprint density at radius 1 is 1.44 bits per heavy atom. The Hall–Kier alpha value is -0.160. The second kappa shape index (κ2) is 7.43. The van der Waals surface area contributed by atoms with Gasteiger partial charge in [0.05, 0.1) is 4.47 Å². The van der Waals surface area contributed by atoms with Crippen LogP contribution in [0.2, 0.25) is 0 Å². The number of hydrogen-bond donors (Lipinski definition) is 1. The van der Waals surface area contributed by atoms with E-state index in [-0.39, 0.29) is 18.2 Å². The van der Waals surface area contributed by atoms with Crippen LogP contribution in [0, 0.1) is 11.7 Å². The van der Waals surface area contributed by atoms with Crippen LogP contribution in [0.1, 0.15) is 18.4 Å². The summed E-state index contributed by atoms with van der Waals surface area (Å²) in [6.45, 7) is 3.83. The molecule has 0 bridgehead atoms. The molecule has 1 unspecified atom stereocenters. The van der Waals surface area contributed by atoms with Gasteiger partial charge in [0.15, 0.2) is 0 Å². The molecular formula is C13H19BrClFN2. The van der Waals surface area contributed by atoms with E-state index in [1.54, 1.807) is 0 Å². The molecule has 2 nitrogen and oxygen atoms in total. The molecular weight excluding hydrogens is 319 g/mol. The van der Waals surface area contributed by atoms with Crippen LogP contribution in [0.15, 0.2) is 22.7 Å². The molecule has 2 rings (SSSR count). The molecule has 1 heterocycles. The van der Waals surface area contributed by atoms with Crippen LogP contribution in [0.5, 0.6) is 0 Å². The Morgan fingerprint density at radius 3 is 2.89 bits per heavy atom. The Bertz CT molecular complexity index is 389. The fourth-order valence-electron chi connectivity index (χ4n) is 2.38. The first kappa shape index (κ1) is 15.9. The Balaban J connectivity index is 0.00000162. The van der Waals surface area contributed by atoms with Crippen molar-refractivity contribution < 1.29 is 4.39 Å². The highest BCUT2D eigenvalue weighted by molar-refractivity contribution is 9.10.